The van der Waals surface area contributed by atoms with E-state index >= 15 is 0 Å². The van der Waals surface area contributed by atoms with Crippen LogP contribution in [0.5, 0.6) is 0 Å². The molecule has 146 valence electrons. The minimum atomic E-state index is -1.57. The first-order chi connectivity index (χ1) is 13.1. The van der Waals surface area contributed by atoms with Crippen LogP contribution < -0.4 is 0 Å². The Morgan fingerprint density at radius 2 is 1.68 bits per heavy atom. The summed E-state index contributed by atoms with van der Waals surface area (Å²) in [7, 11) is 0. The zero-order valence-electron chi connectivity index (χ0n) is 16.5. The Morgan fingerprint density at radius 1 is 1.07 bits per heavy atom. The molecule has 0 saturated carbocycles. The van der Waals surface area contributed by atoms with Crippen molar-refractivity contribution in [1.82, 2.24) is 4.98 Å². The normalized spacial score (nSPS) is 13.9. The maximum Gasteiger partial charge on any atom is 0.328 e. The number of para-hydroxylation sites is 1. The van der Waals surface area contributed by atoms with Crippen molar-refractivity contribution in [2.75, 3.05) is 6.54 Å². The number of fused-ring (bicyclic) bond motifs is 1. The molecule has 1 atom stereocenters. The number of nitro groups is 1. The third-order valence-corrected chi connectivity index (χ3v) is 4.70. The summed E-state index contributed by atoms with van der Waals surface area (Å²) in [4.78, 5) is 28.2. The first kappa shape index (κ1) is 19.6. The van der Waals surface area contributed by atoms with Gasteiger partial charge in [0.1, 0.15) is 5.60 Å². The molecule has 0 saturated heterocycles. The molecule has 0 amide bonds. The smallest absolute Gasteiger partial charge is 0.328 e. The van der Waals surface area contributed by atoms with Crippen LogP contribution in [0, 0.1) is 17.0 Å². The van der Waals surface area contributed by atoms with Crippen LogP contribution in [0.3, 0.4) is 0 Å². The second kappa shape index (κ2) is 7.11. The summed E-state index contributed by atoms with van der Waals surface area (Å²) in [5, 5.41) is 12.6. The van der Waals surface area contributed by atoms with Crippen LogP contribution in [0.2, 0.25) is 0 Å². The van der Waals surface area contributed by atoms with E-state index in [0.717, 1.165) is 10.9 Å². The van der Waals surface area contributed by atoms with E-state index in [1.165, 1.54) is 0 Å². The van der Waals surface area contributed by atoms with Gasteiger partial charge < -0.3 is 9.72 Å². The van der Waals surface area contributed by atoms with Gasteiger partial charge in [-0.3, -0.25) is 14.9 Å². The molecule has 0 radical (unpaired) electrons. The summed E-state index contributed by atoms with van der Waals surface area (Å²) < 4.78 is 5.73. The first-order valence-corrected chi connectivity index (χ1v) is 9.14. The number of nitrogens with zero attached hydrogens (tertiary/aromatic N) is 1. The van der Waals surface area contributed by atoms with E-state index < -0.39 is 28.5 Å². The van der Waals surface area contributed by atoms with Gasteiger partial charge in [-0.2, -0.15) is 0 Å². The van der Waals surface area contributed by atoms with Gasteiger partial charge in [0.2, 0.25) is 6.54 Å². The molecule has 0 spiro atoms. The van der Waals surface area contributed by atoms with Crippen molar-refractivity contribution in [3.63, 3.8) is 0 Å². The van der Waals surface area contributed by atoms with Crippen LogP contribution in [0.25, 0.3) is 10.9 Å². The number of hydrogen-bond donors (Lipinski definition) is 1. The Balaban J connectivity index is 2.39. The van der Waals surface area contributed by atoms with Crippen molar-refractivity contribution in [2.24, 2.45) is 0 Å². The summed E-state index contributed by atoms with van der Waals surface area (Å²) in [6, 6.07) is 16.4. The number of ether oxygens (including phenoxy) is 1. The largest absolute Gasteiger partial charge is 0.459 e. The monoisotopic (exact) mass is 380 g/mol. The number of benzene rings is 2. The molecule has 0 aliphatic heterocycles. The molecule has 0 fully saturated rings. The lowest BCUT2D eigenvalue weighted by Crippen LogP contribution is -2.47. The molecule has 6 nitrogen and oxygen atoms in total. The summed E-state index contributed by atoms with van der Waals surface area (Å²) in [5.41, 5.74) is 0.296. The highest BCUT2D eigenvalue weighted by atomic mass is 16.6. The molecular weight excluding hydrogens is 356 g/mol. The zero-order chi connectivity index (χ0) is 20.5. The highest BCUT2D eigenvalue weighted by molar-refractivity contribution is 5.97. The molecule has 28 heavy (non-hydrogen) atoms. The van der Waals surface area contributed by atoms with Gasteiger partial charge in [-0.1, -0.05) is 48.5 Å². The molecule has 1 aromatic heterocycles. The highest BCUT2D eigenvalue weighted by Crippen LogP contribution is 2.41. The molecule has 0 aliphatic carbocycles. The number of hydrogen-bond acceptors (Lipinski definition) is 4. The van der Waals surface area contributed by atoms with Crippen LogP contribution in [0.15, 0.2) is 54.6 Å². The zero-order valence-corrected chi connectivity index (χ0v) is 16.5. The third kappa shape index (κ3) is 3.50. The van der Waals surface area contributed by atoms with Crippen LogP contribution >= 0.6 is 0 Å². The summed E-state index contributed by atoms with van der Waals surface area (Å²) in [6.45, 7) is 6.50. The van der Waals surface area contributed by atoms with Gasteiger partial charge in [-0.15, -0.1) is 0 Å². The Kier molecular flexibility index (Phi) is 4.98. The lowest BCUT2D eigenvalue weighted by atomic mass is 9.73. The molecule has 2 aromatic carbocycles. The predicted molar refractivity (Wildman–Crippen MR) is 108 cm³/mol. The number of H-pyrrole nitrogens is 1. The van der Waals surface area contributed by atoms with E-state index in [4.69, 9.17) is 4.74 Å². The maximum atomic E-state index is 13.6. The number of esters is 1. The molecule has 0 aliphatic rings. The third-order valence-electron chi connectivity index (χ3n) is 4.70. The highest BCUT2D eigenvalue weighted by Gasteiger charge is 2.52. The minimum Gasteiger partial charge on any atom is -0.459 e. The van der Waals surface area contributed by atoms with Gasteiger partial charge in [0.05, 0.1) is 0 Å². The van der Waals surface area contributed by atoms with Gasteiger partial charge >= 0.3 is 5.97 Å². The van der Waals surface area contributed by atoms with Crippen molar-refractivity contribution in [3.8, 4) is 0 Å². The number of aromatic amines is 1. The van der Waals surface area contributed by atoms with Gasteiger partial charge in [0.25, 0.3) is 0 Å². The summed E-state index contributed by atoms with van der Waals surface area (Å²) in [6.07, 6.45) is 0. The quantitative estimate of drug-likeness (QED) is 0.404. The Bertz CT molecular complexity index is 1020. The van der Waals surface area contributed by atoms with Gasteiger partial charge in [0.15, 0.2) is 5.41 Å². The van der Waals surface area contributed by atoms with Crippen molar-refractivity contribution >= 4 is 16.9 Å². The molecule has 0 bridgehead atoms. The number of nitrogens with one attached hydrogen (secondary N) is 1. The standard InChI is InChI=1S/C22H24N2O4/c1-15-19(17-12-8-9-13-18(17)23-15)22(14-24(26)27,16-10-6-5-7-11-16)20(25)28-21(2,3)4/h5-13,23H,14H2,1-4H3/t22-/m0/s1. The Morgan fingerprint density at radius 3 is 2.29 bits per heavy atom. The van der Waals surface area contributed by atoms with E-state index in [9.17, 15) is 14.9 Å². The SMILES string of the molecule is Cc1[nH]c2ccccc2c1[C@@](C[N+](=O)[O-])(C(=O)OC(C)(C)C)c1ccccc1. The number of aryl methyl sites for hydroxylation is 1. The number of rotatable bonds is 5. The first-order valence-electron chi connectivity index (χ1n) is 9.14. The Labute approximate surface area is 163 Å². The second-order valence-electron chi connectivity index (χ2n) is 7.93. The van der Waals surface area contributed by atoms with Gasteiger partial charge in [0, 0.05) is 27.1 Å². The fourth-order valence-corrected chi connectivity index (χ4v) is 3.71. The van der Waals surface area contributed by atoms with Gasteiger partial charge in [-0.05, 0) is 39.3 Å². The summed E-state index contributed by atoms with van der Waals surface area (Å²) >= 11 is 0. The topological polar surface area (TPSA) is 85.2 Å². The molecule has 0 unspecified atom stereocenters. The average molecular weight is 380 g/mol. The van der Waals surface area contributed by atoms with E-state index in [1.54, 1.807) is 45.0 Å². The predicted octanol–water partition coefficient (Wildman–Crippen LogP) is 4.38. The molecule has 6 heteroatoms. The fourth-order valence-electron chi connectivity index (χ4n) is 3.71. The molecule has 1 N–H and O–H groups in total. The number of carbonyl (C=O) groups excluding carboxylic acids is 1. The lowest BCUT2D eigenvalue weighted by molar-refractivity contribution is -0.486. The average Bonchev–Trinajstić information content (AvgIpc) is 2.95. The number of aromatic nitrogens is 1. The Hall–Kier alpha value is -3.15. The molecule has 3 rings (SSSR count). The van der Waals surface area contributed by atoms with Crippen LogP contribution in [-0.4, -0.2) is 28.0 Å². The van der Waals surface area contributed by atoms with E-state index in [-0.39, 0.29) is 0 Å². The maximum absolute atomic E-state index is 13.6. The second-order valence-corrected chi connectivity index (χ2v) is 7.93. The van der Waals surface area contributed by atoms with Crippen LogP contribution in [0.1, 0.15) is 37.6 Å². The molecule has 1 heterocycles. The van der Waals surface area contributed by atoms with Crippen molar-refractivity contribution in [1.29, 1.82) is 0 Å². The van der Waals surface area contributed by atoms with Crippen molar-refractivity contribution in [3.05, 3.63) is 81.5 Å². The van der Waals surface area contributed by atoms with Crippen LogP contribution in [-0.2, 0) is 14.9 Å². The lowest BCUT2D eigenvalue weighted by Gasteiger charge is -2.32. The molecule has 3 aromatic rings. The summed E-state index contributed by atoms with van der Waals surface area (Å²) in [5.74, 6) is -0.629. The fraction of sp³-hybridized carbons (Fsp3) is 0.318. The van der Waals surface area contributed by atoms with Crippen LogP contribution in [0.4, 0.5) is 0 Å². The molecular formula is C22H24N2O4. The van der Waals surface area contributed by atoms with Crippen molar-refractivity contribution in [2.45, 2.75) is 38.7 Å². The van der Waals surface area contributed by atoms with Gasteiger partial charge in [-0.25, -0.2) is 0 Å². The van der Waals surface area contributed by atoms with E-state index in [0.29, 0.717) is 16.8 Å². The minimum absolute atomic E-state index is 0.446. The van der Waals surface area contributed by atoms with Crippen molar-refractivity contribution < 1.29 is 14.5 Å². The van der Waals surface area contributed by atoms with E-state index in [1.807, 2.05) is 37.3 Å². The number of carbonyl (C=O) groups is 1. The van der Waals surface area contributed by atoms with E-state index in [2.05, 4.69) is 4.98 Å².